The molecule has 2 N–H and O–H groups in total. The number of aromatic amines is 1. The quantitative estimate of drug-likeness (QED) is 0.180. The molecule has 3 aromatic carbocycles. The first kappa shape index (κ1) is 32.7. The van der Waals surface area contributed by atoms with E-state index >= 15 is 0 Å². The standard InChI is InChI=1S/C36H36N4O7S/c1-23(41)47-36(28-13-11-26(44-3)20-31(28)45-4)33-15-10-25(40(33)30-7-5-6-8-32(30)48-36)21-39(2)18-17-37-35(43)22-46-27-12-14-29-24(19-27)9-16-34(42)38-29/h5-16,19-20H,17-18,21-22H2,1-4H3,(H,37,43)(H,38,42). The molecule has 0 saturated carbocycles. The number of nitrogens with one attached hydrogen (secondary N) is 2. The molecular formula is C36H36N4O7S. The maximum Gasteiger partial charge on any atom is 0.304 e. The highest BCUT2D eigenvalue weighted by molar-refractivity contribution is 8.00. The molecule has 0 spiro atoms. The van der Waals surface area contributed by atoms with Crippen LogP contribution < -0.4 is 25.1 Å². The van der Waals surface area contributed by atoms with Gasteiger partial charge in [0.1, 0.15) is 17.2 Å². The number of rotatable bonds is 12. The van der Waals surface area contributed by atoms with E-state index in [0.29, 0.717) is 48.0 Å². The Balaban J connectivity index is 1.17. The zero-order valence-corrected chi connectivity index (χ0v) is 27.9. The molecular weight excluding hydrogens is 632 g/mol. The Morgan fingerprint density at radius 2 is 1.77 bits per heavy atom. The molecule has 0 bridgehead atoms. The molecule has 2 aromatic heterocycles. The summed E-state index contributed by atoms with van der Waals surface area (Å²) in [5.74, 6) is 1.03. The number of carbonyl (C=O) groups excluding carboxylic acids is 2. The summed E-state index contributed by atoms with van der Waals surface area (Å²) in [6.45, 7) is 2.82. The summed E-state index contributed by atoms with van der Waals surface area (Å²) in [6, 6.07) is 25.9. The first-order valence-corrected chi connectivity index (χ1v) is 16.1. The van der Waals surface area contributed by atoms with Gasteiger partial charge in [-0.15, -0.1) is 0 Å². The second kappa shape index (κ2) is 13.9. The van der Waals surface area contributed by atoms with Gasteiger partial charge < -0.3 is 33.8 Å². The summed E-state index contributed by atoms with van der Waals surface area (Å²) < 4.78 is 25.3. The molecule has 1 amide bonds. The number of aromatic nitrogens is 2. The molecule has 48 heavy (non-hydrogen) atoms. The summed E-state index contributed by atoms with van der Waals surface area (Å²) in [4.78, 5) is 41.4. The Morgan fingerprint density at radius 1 is 0.958 bits per heavy atom. The Bertz CT molecular complexity index is 2040. The van der Waals surface area contributed by atoms with Gasteiger partial charge >= 0.3 is 5.97 Å². The lowest BCUT2D eigenvalue weighted by Crippen LogP contribution is -2.37. The molecule has 0 radical (unpaired) electrons. The van der Waals surface area contributed by atoms with Gasteiger partial charge in [0.2, 0.25) is 10.5 Å². The lowest BCUT2D eigenvalue weighted by Gasteiger charge is -2.39. The van der Waals surface area contributed by atoms with E-state index in [1.807, 2.05) is 55.6 Å². The highest BCUT2D eigenvalue weighted by Gasteiger charge is 2.48. The van der Waals surface area contributed by atoms with Crippen LogP contribution in [0.1, 0.15) is 23.9 Å². The smallest absolute Gasteiger partial charge is 0.304 e. The fourth-order valence-electron chi connectivity index (χ4n) is 5.84. The van der Waals surface area contributed by atoms with Gasteiger partial charge in [-0.05, 0) is 67.7 Å². The molecule has 0 saturated heterocycles. The van der Waals surface area contributed by atoms with Gasteiger partial charge in [0.05, 0.1) is 31.2 Å². The molecule has 0 fully saturated rings. The first-order valence-electron chi connectivity index (χ1n) is 15.3. The van der Waals surface area contributed by atoms with Crippen molar-refractivity contribution in [1.82, 2.24) is 19.8 Å². The molecule has 5 aromatic rings. The largest absolute Gasteiger partial charge is 0.497 e. The zero-order valence-electron chi connectivity index (χ0n) is 27.1. The van der Waals surface area contributed by atoms with Crippen molar-refractivity contribution in [2.24, 2.45) is 0 Å². The van der Waals surface area contributed by atoms with Crippen LogP contribution in [0, 0.1) is 0 Å². The number of thioether (sulfide) groups is 1. The van der Waals surface area contributed by atoms with E-state index in [0.717, 1.165) is 27.4 Å². The van der Waals surface area contributed by atoms with Crippen LogP contribution in [0.4, 0.5) is 0 Å². The number of ether oxygens (including phenoxy) is 4. The fraction of sp³-hybridized carbons (Fsp3) is 0.250. The average Bonchev–Trinajstić information content (AvgIpc) is 3.51. The molecule has 6 rings (SSSR count). The molecule has 1 unspecified atom stereocenters. The van der Waals surface area contributed by atoms with Gasteiger partial charge in [-0.2, -0.15) is 0 Å². The summed E-state index contributed by atoms with van der Waals surface area (Å²) in [6.07, 6.45) is 0. The van der Waals surface area contributed by atoms with Crippen molar-refractivity contribution in [3.63, 3.8) is 0 Å². The van der Waals surface area contributed by atoms with E-state index in [1.54, 1.807) is 44.6 Å². The molecule has 12 heteroatoms. The van der Waals surface area contributed by atoms with Gasteiger partial charge in [-0.1, -0.05) is 23.9 Å². The van der Waals surface area contributed by atoms with Crippen molar-refractivity contribution in [2.75, 3.05) is 41.0 Å². The van der Waals surface area contributed by atoms with Crippen molar-refractivity contribution >= 4 is 34.5 Å². The molecule has 248 valence electrons. The SMILES string of the molecule is COc1ccc(C2(OC(C)=O)Sc3ccccc3-n3c(CN(C)CCNC(=O)COc4ccc5[nH]c(=O)ccc5c4)ccc32)c(OC)c1. The number of hydrogen-bond donors (Lipinski definition) is 2. The molecule has 1 aliphatic heterocycles. The molecule has 0 aliphatic carbocycles. The average molecular weight is 669 g/mol. The van der Waals surface area contributed by atoms with Crippen molar-refractivity contribution < 1.29 is 28.5 Å². The van der Waals surface area contributed by atoms with Gasteiger partial charge in [0.15, 0.2) is 6.61 Å². The third-order valence-electron chi connectivity index (χ3n) is 8.02. The number of methoxy groups -OCH3 is 2. The predicted molar refractivity (Wildman–Crippen MR) is 183 cm³/mol. The van der Waals surface area contributed by atoms with E-state index in [2.05, 4.69) is 19.8 Å². The minimum absolute atomic E-state index is 0.133. The van der Waals surface area contributed by atoms with Gasteiger partial charge in [0, 0.05) is 60.2 Å². The van der Waals surface area contributed by atoms with Gasteiger partial charge in [0.25, 0.3) is 5.91 Å². The van der Waals surface area contributed by atoms with Crippen LogP contribution in [-0.2, 0) is 25.8 Å². The summed E-state index contributed by atoms with van der Waals surface area (Å²) >= 11 is 1.45. The number of fused-ring (bicyclic) bond motifs is 4. The number of esters is 1. The lowest BCUT2D eigenvalue weighted by molar-refractivity contribution is -0.147. The second-order valence-corrected chi connectivity index (χ2v) is 12.6. The molecule has 1 aliphatic rings. The Labute approximate surface area is 281 Å². The van der Waals surface area contributed by atoms with Crippen LogP contribution in [0.2, 0.25) is 0 Å². The maximum absolute atomic E-state index is 12.7. The normalized spacial score (nSPS) is 15.0. The summed E-state index contributed by atoms with van der Waals surface area (Å²) in [5, 5.41) is 3.74. The highest BCUT2D eigenvalue weighted by Crippen LogP contribution is 2.56. The number of likely N-dealkylation sites (N-methyl/N-ethyl adjacent to an activating group) is 1. The topological polar surface area (TPSA) is 124 Å². The number of amides is 1. The third-order valence-corrected chi connectivity index (χ3v) is 9.39. The van der Waals surface area contributed by atoms with E-state index in [4.69, 9.17) is 18.9 Å². The third kappa shape index (κ3) is 6.62. The lowest BCUT2D eigenvalue weighted by atomic mass is 10.0. The Kier molecular flexibility index (Phi) is 9.47. The molecule has 1 atom stereocenters. The van der Waals surface area contributed by atoms with Crippen molar-refractivity contribution in [2.45, 2.75) is 23.3 Å². The molecule has 11 nitrogen and oxygen atoms in total. The monoisotopic (exact) mass is 668 g/mol. The number of H-pyrrole nitrogens is 1. The predicted octanol–water partition coefficient (Wildman–Crippen LogP) is 4.83. The van der Waals surface area contributed by atoms with Crippen LogP contribution in [0.3, 0.4) is 0 Å². The highest BCUT2D eigenvalue weighted by atomic mass is 32.2. The van der Waals surface area contributed by atoms with Crippen LogP contribution in [-0.4, -0.2) is 67.3 Å². The van der Waals surface area contributed by atoms with Gasteiger partial charge in [-0.3, -0.25) is 19.3 Å². The first-order chi connectivity index (χ1) is 23.2. The number of hydrogen-bond acceptors (Lipinski definition) is 9. The van der Waals surface area contributed by atoms with Crippen LogP contribution in [0.15, 0.2) is 94.6 Å². The van der Waals surface area contributed by atoms with E-state index in [-0.39, 0.29) is 18.1 Å². The van der Waals surface area contributed by atoms with Crippen LogP contribution in [0.5, 0.6) is 17.2 Å². The number of pyridine rings is 1. The van der Waals surface area contributed by atoms with Crippen LogP contribution in [0.25, 0.3) is 16.6 Å². The number of nitrogens with zero attached hydrogens (tertiary/aromatic N) is 2. The fourth-order valence-corrected chi connectivity index (χ4v) is 7.26. The van der Waals surface area contributed by atoms with E-state index in [1.165, 1.54) is 24.8 Å². The number of carbonyl (C=O) groups is 2. The van der Waals surface area contributed by atoms with Gasteiger partial charge in [-0.25, -0.2) is 0 Å². The maximum atomic E-state index is 12.7. The van der Waals surface area contributed by atoms with Crippen molar-refractivity contribution in [3.8, 4) is 22.9 Å². The summed E-state index contributed by atoms with van der Waals surface area (Å²) in [5.41, 5.74) is 3.95. The van der Waals surface area contributed by atoms with Crippen molar-refractivity contribution in [3.05, 3.63) is 112 Å². The second-order valence-electron chi connectivity index (χ2n) is 11.3. The molecule has 3 heterocycles. The minimum atomic E-state index is -1.23. The van der Waals surface area contributed by atoms with E-state index in [9.17, 15) is 14.4 Å². The van der Waals surface area contributed by atoms with Crippen molar-refractivity contribution in [1.29, 1.82) is 0 Å². The number of benzene rings is 3. The summed E-state index contributed by atoms with van der Waals surface area (Å²) in [7, 11) is 5.16. The Morgan fingerprint density at radius 3 is 2.56 bits per heavy atom. The Hall–Kier alpha value is -5.20. The van der Waals surface area contributed by atoms with E-state index < -0.39 is 10.9 Å². The number of para-hydroxylation sites is 1. The zero-order chi connectivity index (χ0) is 33.8. The van der Waals surface area contributed by atoms with Crippen LogP contribution >= 0.6 is 11.8 Å². The minimum Gasteiger partial charge on any atom is -0.497 e.